The number of allylic oxidation sites excluding steroid dienone is 2. The van der Waals surface area contributed by atoms with E-state index < -0.39 is 0 Å². The third kappa shape index (κ3) is 5.43. The number of amides is 2. The smallest absolute Gasteiger partial charge is 0.238 e. The second kappa shape index (κ2) is 8.99. The van der Waals surface area contributed by atoms with Crippen molar-refractivity contribution in [2.45, 2.75) is 45.4 Å². The van der Waals surface area contributed by atoms with E-state index in [-0.39, 0.29) is 11.8 Å². The summed E-state index contributed by atoms with van der Waals surface area (Å²) in [5.41, 5.74) is 2.50. The fourth-order valence-electron chi connectivity index (χ4n) is 3.66. The molecule has 1 aliphatic heterocycles. The van der Waals surface area contributed by atoms with Crippen LogP contribution in [-0.2, 0) is 9.59 Å². The van der Waals surface area contributed by atoms with Crippen molar-refractivity contribution in [3.8, 4) is 0 Å². The largest absolute Gasteiger partial charge is 0.326 e. The number of carbonyl (C=O) groups is 2. The lowest BCUT2D eigenvalue weighted by molar-refractivity contribution is -0.118. The molecule has 140 valence electrons. The summed E-state index contributed by atoms with van der Waals surface area (Å²) in [4.78, 5) is 26.8. The lowest BCUT2D eigenvalue weighted by Crippen LogP contribution is -2.36. The standard InChI is InChI=1S/C21H29N3O2/c1-16-9-10-18(22-20(25)13-17-7-3-4-8-17)14-19(16)23-21(26)15-24-11-5-2-6-12-24/h3,7,9-10,14,17H,2,4-6,8,11-13,15H2,1H3,(H,22,25)(H,23,26)/t17-/m1/s1. The molecule has 1 aliphatic carbocycles. The number of likely N-dealkylation sites (tertiary alicyclic amines) is 1. The summed E-state index contributed by atoms with van der Waals surface area (Å²) < 4.78 is 0. The molecule has 2 amide bonds. The van der Waals surface area contributed by atoms with Gasteiger partial charge in [0, 0.05) is 17.8 Å². The molecule has 26 heavy (non-hydrogen) atoms. The van der Waals surface area contributed by atoms with Crippen LogP contribution in [0.2, 0.25) is 0 Å². The SMILES string of the molecule is Cc1ccc(NC(=O)C[C@@H]2C=CCC2)cc1NC(=O)CN1CCCCC1. The van der Waals surface area contributed by atoms with E-state index in [2.05, 4.69) is 27.7 Å². The normalized spacial score (nSPS) is 20.1. The quantitative estimate of drug-likeness (QED) is 0.765. The highest BCUT2D eigenvalue weighted by atomic mass is 16.2. The summed E-state index contributed by atoms with van der Waals surface area (Å²) in [5.74, 6) is 0.384. The van der Waals surface area contributed by atoms with Gasteiger partial charge < -0.3 is 10.6 Å². The Kier molecular flexibility index (Phi) is 6.45. The van der Waals surface area contributed by atoms with E-state index in [4.69, 9.17) is 0 Å². The molecule has 0 saturated carbocycles. The monoisotopic (exact) mass is 355 g/mol. The average molecular weight is 355 g/mol. The first-order chi connectivity index (χ1) is 12.6. The van der Waals surface area contributed by atoms with E-state index in [0.29, 0.717) is 18.9 Å². The number of hydrogen-bond donors (Lipinski definition) is 2. The Hall–Kier alpha value is -2.14. The van der Waals surface area contributed by atoms with Gasteiger partial charge >= 0.3 is 0 Å². The highest BCUT2D eigenvalue weighted by molar-refractivity contribution is 5.95. The highest BCUT2D eigenvalue weighted by Crippen LogP contribution is 2.23. The highest BCUT2D eigenvalue weighted by Gasteiger charge is 2.16. The fraction of sp³-hybridized carbons (Fsp3) is 0.524. The molecule has 1 aromatic rings. The van der Waals surface area contributed by atoms with Gasteiger partial charge in [0.1, 0.15) is 0 Å². The molecule has 0 spiro atoms. The summed E-state index contributed by atoms with van der Waals surface area (Å²) in [6.07, 6.45) is 10.5. The Balaban J connectivity index is 1.55. The van der Waals surface area contributed by atoms with E-state index in [0.717, 1.165) is 42.9 Å². The number of rotatable bonds is 6. The number of anilines is 2. The molecule has 0 radical (unpaired) electrons. The van der Waals surface area contributed by atoms with Gasteiger partial charge in [-0.25, -0.2) is 0 Å². The van der Waals surface area contributed by atoms with E-state index in [1.54, 1.807) is 0 Å². The van der Waals surface area contributed by atoms with Crippen molar-refractivity contribution in [2.24, 2.45) is 5.92 Å². The zero-order valence-electron chi connectivity index (χ0n) is 15.6. The van der Waals surface area contributed by atoms with Crippen molar-refractivity contribution in [3.05, 3.63) is 35.9 Å². The molecule has 1 aromatic carbocycles. The van der Waals surface area contributed by atoms with Crippen LogP contribution in [0.15, 0.2) is 30.4 Å². The number of nitrogens with zero attached hydrogens (tertiary/aromatic N) is 1. The Labute approximate surface area is 155 Å². The number of nitrogens with one attached hydrogen (secondary N) is 2. The van der Waals surface area contributed by atoms with Gasteiger partial charge in [0.2, 0.25) is 11.8 Å². The van der Waals surface area contributed by atoms with Gasteiger partial charge in [0.25, 0.3) is 0 Å². The van der Waals surface area contributed by atoms with Crippen LogP contribution in [0.1, 0.15) is 44.1 Å². The lowest BCUT2D eigenvalue weighted by atomic mass is 10.0. The summed E-state index contributed by atoms with van der Waals surface area (Å²) >= 11 is 0. The van der Waals surface area contributed by atoms with E-state index >= 15 is 0 Å². The zero-order chi connectivity index (χ0) is 18.4. The maximum atomic E-state index is 12.3. The van der Waals surface area contributed by atoms with Gasteiger partial charge in [-0.2, -0.15) is 0 Å². The van der Waals surface area contributed by atoms with Gasteiger partial charge in [-0.05, 0) is 69.3 Å². The van der Waals surface area contributed by atoms with Crippen LogP contribution in [0, 0.1) is 12.8 Å². The number of carbonyl (C=O) groups excluding carboxylic acids is 2. The van der Waals surface area contributed by atoms with Crippen LogP contribution < -0.4 is 10.6 Å². The predicted molar refractivity (Wildman–Crippen MR) is 105 cm³/mol. The van der Waals surface area contributed by atoms with Crippen molar-refractivity contribution in [1.82, 2.24) is 4.90 Å². The molecule has 2 aliphatic rings. The summed E-state index contributed by atoms with van der Waals surface area (Å²) in [6, 6.07) is 5.67. The number of benzene rings is 1. The van der Waals surface area contributed by atoms with Crippen LogP contribution in [0.5, 0.6) is 0 Å². The van der Waals surface area contributed by atoms with Gasteiger partial charge in [0.15, 0.2) is 0 Å². The van der Waals surface area contributed by atoms with E-state index in [1.165, 1.54) is 19.3 Å². The van der Waals surface area contributed by atoms with Crippen molar-refractivity contribution < 1.29 is 9.59 Å². The topological polar surface area (TPSA) is 61.4 Å². The maximum absolute atomic E-state index is 12.3. The minimum Gasteiger partial charge on any atom is -0.326 e. The number of piperidine rings is 1. The molecule has 3 rings (SSSR count). The van der Waals surface area contributed by atoms with Crippen molar-refractivity contribution in [3.63, 3.8) is 0 Å². The van der Waals surface area contributed by atoms with Gasteiger partial charge in [0.05, 0.1) is 6.54 Å². The van der Waals surface area contributed by atoms with Gasteiger partial charge in [-0.1, -0.05) is 24.6 Å². The third-order valence-corrected chi connectivity index (χ3v) is 5.17. The second-order valence-corrected chi connectivity index (χ2v) is 7.43. The first-order valence-electron chi connectivity index (χ1n) is 9.69. The second-order valence-electron chi connectivity index (χ2n) is 7.43. The Morgan fingerprint density at radius 2 is 1.92 bits per heavy atom. The molecule has 1 saturated heterocycles. The van der Waals surface area contributed by atoms with Gasteiger partial charge in [-0.15, -0.1) is 0 Å². The minimum atomic E-state index is 0.00886. The molecule has 0 bridgehead atoms. The Morgan fingerprint density at radius 1 is 1.12 bits per heavy atom. The number of hydrogen-bond acceptors (Lipinski definition) is 3. The van der Waals surface area contributed by atoms with Crippen LogP contribution >= 0.6 is 0 Å². The van der Waals surface area contributed by atoms with E-state index in [1.807, 2.05) is 25.1 Å². The van der Waals surface area contributed by atoms with Crippen molar-refractivity contribution >= 4 is 23.2 Å². The summed E-state index contributed by atoms with van der Waals surface area (Å²) in [5, 5.41) is 5.96. The zero-order valence-corrected chi connectivity index (χ0v) is 15.6. The Morgan fingerprint density at radius 3 is 2.65 bits per heavy atom. The molecular weight excluding hydrogens is 326 g/mol. The van der Waals surface area contributed by atoms with E-state index in [9.17, 15) is 9.59 Å². The first-order valence-corrected chi connectivity index (χ1v) is 9.69. The molecule has 0 aromatic heterocycles. The molecular formula is C21H29N3O2. The van der Waals surface area contributed by atoms with Crippen LogP contribution in [0.3, 0.4) is 0 Å². The molecule has 0 unspecified atom stereocenters. The van der Waals surface area contributed by atoms with Crippen molar-refractivity contribution in [2.75, 3.05) is 30.3 Å². The summed E-state index contributed by atoms with van der Waals surface area (Å²) in [6.45, 7) is 4.39. The molecule has 2 N–H and O–H groups in total. The first kappa shape index (κ1) is 18.6. The molecule has 1 atom stereocenters. The third-order valence-electron chi connectivity index (χ3n) is 5.17. The Bertz CT molecular complexity index is 678. The molecule has 1 fully saturated rings. The predicted octanol–water partition coefficient (Wildman–Crippen LogP) is 3.71. The van der Waals surface area contributed by atoms with Gasteiger partial charge in [-0.3, -0.25) is 14.5 Å². The molecule has 5 heteroatoms. The number of aryl methyl sites for hydroxylation is 1. The fourth-order valence-corrected chi connectivity index (χ4v) is 3.66. The van der Waals surface area contributed by atoms with Crippen LogP contribution in [0.4, 0.5) is 11.4 Å². The molecule has 5 nitrogen and oxygen atoms in total. The van der Waals surface area contributed by atoms with Crippen LogP contribution in [-0.4, -0.2) is 36.3 Å². The average Bonchev–Trinajstić information content (AvgIpc) is 3.11. The maximum Gasteiger partial charge on any atom is 0.238 e. The van der Waals surface area contributed by atoms with Crippen molar-refractivity contribution in [1.29, 1.82) is 0 Å². The molecule has 1 heterocycles. The minimum absolute atomic E-state index is 0.00886. The van der Waals surface area contributed by atoms with Crippen LogP contribution in [0.25, 0.3) is 0 Å². The summed E-state index contributed by atoms with van der Waals surface area (Å²) in [7, 11) is 0. The lowest BCUT2D eigenvalue weighted by Gasteiger charge is -2.25.